The number of rotatable bonds is 5. The summed E-state index contributed by atoms with van der Waals surface area (Å²) in [5.41, 5.74) is 1.35. The van der Waals surface area contributed by atoms with E-state index in [1.165, 1.54) is 6.26 Å². The van der Waals surface area contributed by atoms with E-state index in [2.05, 4.69) is 9.97 Å². The van der Waals surface area contributed by atoms with E-state index in [0.29, 0.717) is 24.7 Å². The van der Waals surface area contributed by atoms with Gasteiger partial charge in [0.05, 0.1) is 7.11 Å². The predicted octanol–water partition coefficient (Wildman–Crippen LogP) is 2.23. The minimum absolute atomic E-state index is 0.0968. The molecule has 2 rings (SSSR count). The molecule has 0 atom stereocenters. The Labute approximate surface area is 117 Å². The number of pyridine rings is 1. The molecule has 0 unspecified atom stereocenters. The van der Waals surface area contributed by atoms with E-state index in [0.717, 1.165) is 5.56 Å². The van der Waals surface area contributed by atoms with Gasteiger partial charge in [0, 0.05) is 30.9 Å². The average Bonchev–Trinajstić information content (AvgIpc) is 2.98. The van der Waals surface area contributed by atoms with Gasteiger partial charge in [0.15, 0.2) is 0 Å². The van der Waals surface area contributed by atoms with E-state index in [4.69, 9.17) is 9.15 Å². The molecule has 0 saturated carbocycles. The van der Waals surface area contributed by atoms with Crippen molar-refractivity contribution in [2.75, 3.05) is 20.2 Å². The third-order valence-corrected chi connectivity index (χ3v) is 2.98. The summed E-state index contributed by atoms with van der Waals surface area (Å²) in [6, 6.07) is 3.55. The summed E-state index contributed by atoms with van der Waals surface area (Å²) in [6.45, 7) is 5.07. The van der Waals surface area contributed by atoms with Gasteiger partial charge in [0.25, 0.3) is 5.89 Å². The summed E-state index contributed by atoms with van der Waals surface area (Å²) in [5.74, 6) is 0.416. The first-order valence-corrected chi connectivity index (χ1v) is 6.44. The fourth-order valence-electron chi connectivity index (χ4n) is 1.80. The number of hydrogen-bond donors (Lipinski definition) is 0. The highest BCUT2D eigenvalue weighted by Crippen LogP contribution is 2.20. The van der Waals surface area contributed by atoms with Gasteiger partial charge in [-0.2, -0.15) is 0 Å². The summed E-state index contributed by atoms with van der Waals surface area (Å²) in [4.78, 5) is 22.1. The number of carbonyl (C=O) groups is 1. The molecule has 106 valence electrons. The normalized spacial score (nSPS) is 10.3. The molecule has 0 aliphatic heterocycles. The Morgan fingerprint density at radius 2 is 2.10 bits per heavy atom. The number of hydrogen-bond acceptors (Lipinski definition) is 5. The van der Waals surface area contributed by atoms with Gasteiger partial charge < -0.3 is 14.1 Å². The van der Waals surface area contributed by atoms with Crippen LogP contribution in [0.3, 0.4) is 0 Å². The zero-order chi connectivity index (χ0) is 14.5. The molecule has 2 aromatic rings. The van der Waals surface area contributed by atoms with Crippen LogP contribution in [0.25, 0.3) is 11.3 Å². The van der Waals surface area contributed by atoms with E-state index in [-0.39, 0.29) is 11.8 Å². The van der Waals surface area contributed by atoms with Crippen molar-refractivity contribution in [2.45, 2.75) is 13.8 Å². The number of carbonyl (C=O) groups excluding carboxylic acids is 1. The third kappa shape index (κ3) is 2.79. The van der Waals surface area contributed by atoms with Crippen LogP contribution in [0.4, 0.5) is 0 Å². The molecule has 0 bridgehead atoms. The average molecular weight is 275 g/mol. The Bertz CT molecular complexity index is 574. The monoisotopic (exact) mass is 275 g/mol. The van der Waals surface area contributed by atoms with Crippen molar-refractivity contribution < 1.29 is 13.9 Å². The molecular formula is C14H17N3O3. The molecular weight excluding hydrogens is 258 g/mol. The van der Waals surface area contributed by atoms with E-state index in [1.54, 1.807) is 24.3 Å². The lowest BCUT2D eigenvalue weighted by atomic mass is 10.2. The molecule has 6 heteroatoms. The van der Waals surface area contributed by atoms with Crippen LogP contribution >= 0.6 is 0 Å². The Kier molecular flexibility index (Phi) is 4.34. The number of ether oxygens (including phenoxy) is 1. The van der Waals surface area contributed by atoms with Gasteiger partial charge >= 0.3 is 5.91 Å². The van der Waals surface area contributed by atoms with Gasteiger partial charge in [-0.1, -0.05) is 0 Å². The first-order chi connectivity index (χ1) is 9.69. The molecule has 0 spiro atoms. The Hall–Kier alpha value is -2.37. The van der Waals surface area contributed by atoms with Gasteiger partial charge in [-0.15, -0.1) is 0 Å². The molecule has 1 amide bonds. The van der Waals surface area contributed by atoms with E-state index < -0.39 is 0 Å². The van der Waals surface area contributed by atoms with Crippen LogP contribution in [0.1, 0.15) is 24.5 Å². The molecule has 0 fully saturated rings. The molecule has 0 saturated heterocycles. The van der Waals surface area contributed by atoms with Crippen molar-refractivity contribution in [2.24, 2.45) is 0 Å². The standard InChI is InChI=1S/C14H17N3O3/c1-4-17(5-2)14(18)13-16-11(9-20-13)10-6-7-12(19-3)15-8-10/h6-9H,4-5H2,1-3H3. The Morgan fingerprint density at radius 3 is 2.65 bits per heavy atom. The van der Waals surface area contributed by atoms with E-state index >= 15 is 0 Å². The topological polar surface area (TPSA) is 68.5 Å². The first-order valence-electron chi connectivity index (χ1n) is 6.44. The van der Waals surface area contributed by atoms with Gasteiger partial charge in [0.1, 0.15) is 12.0 Å². The molecule has 0 aliphatic rings. The zero-order valence-corrected chi connectivity index (χ0v) is 11.8. The Balaban J connectivity index is 2.21. The van der Waals surface area contributed by atoms with Crippen LogP contribution in [-0.4, -0.2) is 41.0 Å². The summed E-state index contributed by atoms with van der Waals surface area (Å²) in [6.07, 6.45) is 3.09. The van der Waals surface area contributed by atoms with E-state index in [9.17, 15) is 4.79 Å². The number of aromatic nitrogens is 2. The second kappa shape index (κ2) is 6.18. The van der Waals surface area contributed by atoms with Crippen LogP contribution in [-0.2, 0) is 0 Å². The van der Waals surface area contributed by atoms with Crippen LogP contribution < -0.4 is 4.74 Å². The molecule has 2 heterocycles. The first kappa shape index (κ1) is 14.0. The number of oxazole rings is 1. The fraction of sp³-hybridized carbons (Fsp3) is 0.357. The molecule has 6 nitrogen and oxygen atoms in total. The third-order valence-electron chi connectivity index (χ3n) is 2.98. The van der Waals surface area contributed by atoms with Crippen molar-refractivity contribution >= 4 is 5.91 Å². The molecule has 0 radical (unpaired) electrons. The van der Waals surface area contributed by atoms with Crippen molar-refractivity contribution in [3.05, 3.63) is 30.5 Å². The van der Waals surface area contributed by atoms with Crippen molar-refractivity contribution in [1.29, 1.82) is 0 Å². The number of amides is 1. The molecule has 2 aromatic heterocycles. The zero-order valence-electron chi connectivity index (χ0n) is 11.8. The summed E-state index contributed by atoms with van der Waals surface area (Å²) < 4.78 is 10.3. The lowest BCUT2D eigenvalue weighted by Crippen LogP contribution is -2.30. The highest BCUT2D eigenvalue weighted by Gasteiger charge is 2.19. The fourth-order valence-corrected chi connectivity index (χ4v) is 1.80. The van der Waals surface area contributed by atoms with Gasteiger partial charge in [-0.05, 0) is 19.9 Å². The highest BCUT2D eigenvalue weighted by molar-refractivity contribution is 5.90. The minimum atomic E-state index is -0.206. The molecule has 0 N–H and O–H groups in total. The van der Waals surface area contributed by atoms with Crippen LogP contribution in [0.5, 0.6) is 5.88 Å². The quantitative estimate of drug-likeness (QED) is 0.837. The van der Waals surface area contributed by atoms with Crippen LogP contribution in [0, 0.1) is 0 Å². The second-order valence-corrected chi connectivity index (χ2v) is 4.10. The maximum absolute atomic E-state index is 12.1. The smallest absolute Gasteiger partial charge is 0.309 e. The van der Waals surface area contributed by atoms with Gasteiger partial charge in [-0.25, -0.2) is 9.97 Å². The summed E-state index contributed by atoms with van der Waals surface area (Å²) in [7, 11) is 1.55. The largest absolute Gasteiger partial charge is 0.481 e. The van der Waals surface area contributed by atoms with Gasteiger partial charge in [-0.3, -0.25) is 4.79 Å². The van der Waals surface area contributed by atoms with E-state index in [1.807, 2.05) is 19.9 Å². The maximum atomic E-state index is 12.1. The highest BCUT2D eigenvalue weighted by atomic mass is 16.5. The van der Waals surface area contributed by atoms with Crippen LogP contribution in [0.2, 0.25) is 0 Å². The lowest BCUT2D eigenvalue weighted by molar-refractivity contribution is 0.0733. The minimum Gasteiger partial charge on any atom is -0.481 e. The lowest BCUT2D eigenvalue weighted by Gasteiger charge is -2.15. The number of nitrogens with zero attached hydrogens (tertiary/aromatic N) is 3. The van der Waals surface area contributed by atoms with Crippen molar-refractivity contribution in [3.63, 3.8) is 0 Å². The van der Waals surface area contributed by atoms with Crippen molar-refractivity contribution in [3.8, 4) is 17.1 Å². The molecule has 0 aliphatic carbocycles. The van der Waals surface area contributed by atoms with Gasteiger partial charge in [0.2, 0.25) is 5.88 Å². The maximum Gasteiger partial charge on any atom is 0.309 e. The van der Waals surface area contributed by atoms with Crippen LogP contribution in [0.15, 0.2) is 29.0 Å². The summed E-state index contributed by atoms with van der Waals surface area (Å²) >= 11 is 0. The molecule has 20 heavy (non-hydrogen) atoms. The summed E-state index contributed by atoms with van der Waals surface area (Å²) in [5, 5.41) is 0. The van der Waals surface area contributed by atoms with Crippen molar-refractivity contribution in [1.82, 2.24) is 14.9 Å². The number of methoxy groups -OCH3 is 1. The SMILES string of the molecule is CCN(CC)C(=O)c1nc(-c2ccc(OC)nc2)co1. The second-order valence-electron chi connectivity index (χ2n) is 4.10. The molecule has 0 aromatic carbocycles. The Morgan fingerprint density at radius 1 is 1.35 bits per heavy atom. The predicted molar refractivity (Wildman–Crippen MR) is 73.5 cm³/mol.